The van der Waals surface area contributed by atoms with E-state index in [1.54, 1.807) is 17.0 Å². The number of sulfonamides is 1. The van der Waals surface area contributed by atoms with Crippen LogP contribution < -0.4 is 10.1 Å². The number of piperazine rings is 1. The van der Waals surface area contributed by atoms with E-state index in [1.807, 2.05) is 30.3 Å². The SMILES string of the molecule is COc1ccc(S(=O)(=O)N2CCN(C(=O)CCCNC(=O)OCc3ccccc3)CC2)cc1. The van der Waals surface area contributed by atoms with Crippen LogP contribution in [0.1, 0.15) is 18.4 Å². The van der Waals surface area contributed by atoms with Crippen LogP contribution in [-0.4, -0.2) is 69.5 Å². The number of nitrogens with zero attached hydrogens (tertiary/aromatic N) is 2. The van der Waals surface area contributed by atoms with Gasteiger partial charge in [-0.3, -0.25) is 4.79 Å². The van der Waals surface area contributed by atoms with Gasteiger partial charge in [-0.15, -0.1) is 0 Å². The smallest absolute Gasteiger partial charge is 0.407 e. The fraction of sp³-hybridized carbons (Fsp3) is 0.391. The Morgan fingerprint density at radius 3 is 2.27 bits per heavy atom. The lowest BCUT2D eigenvalue weighted by Gasteiger charge is -2.34. The van der Waals surface area contributed by atoms with E-state index < -0.39 is 16.1 Å². The Hall–Kier alpha value is -3.11. The van der Waals surface area contributed by atoms with Crippen LogP contribution in [0.5, 0.6) is 5.75 Å². The molecule has 0 spiro atoms. The molecule has 10 heteroatoms. The molecule has 0 saturated carbocycles. The van der Waals surface area contributed by atoms with Crippen molar-refractivity contribution in [1.29, 1.82) is 0 Å². The fourth-order valence-corrected chi connectivity index (χ4v) is 4.86. The number of carbonyl (C=O) groups excluding carboxylic acids is 2. The summed E-state index contributed by atoms with van der Waals surface area (Å²) in [6.07, 6.45) is 0.219. The lowest BCUT2D eigenvalue weighted by atomic mass is 10.2. The van der Waals surface area contributed by atoms with Gasteiger partial charge in [-0.2, -0.15) is 4.31 Å². The molecule has 2 aromatic rings. The van der Waals surface area contributed by atoms with Crippen LogP contribution in [0.2, 0.25) is 0 Å². The van der Waals surface area contributed by atoms with Crippen molar-refractivity contribution in [2.24, 2.45) is 0 Å². The summed E-state index contributed by atoms with van der Waals surface area (Å²) in [6.45, 7) is 1.66. The average Bonchev–Trinajstić information content (AvgIpc) is 2.86. The molecule has 9 nitrogen and oxygen atoms in total. The van der Waals surface area contributed by atoms with E-state index in [-0.39, 0.29) is 36.9 Å². The number of methoxy groups -OCH3 is 1. The third kappa shape index (κ3) is 6.93. The maximum absolute atomic E-state index is 12.8. The number of benzene rings is 2. The molecular weight excluding hydrogens is 446 g/mol. The van der Waals surface area contributed by atoms with Gasteiger partial charge >= 0.3 is 6.09 Å². The number of amides is 2. The maximum atomic E-state index is 12.8. The predicted octanol–water partition coefficient (Wildman–Crippen LogP) is 2.23. The molecule has 0 unspecified atom stereocenters. The number of carbonyl (C=O) groups is 2. The van der Waals surface area contributed by atoms with E-state index in [2.05, 4.69) is 5.32 Å². The quantitative estimate of drug-likeness (QED) is 0.558. The molecule has 0 aromatic heterocycles. The van der Waals surface area contributed by atoms with Gasteiger partial charge in [-0.1, -0.05) is 30.3 Å². The first-order chi connectivity index (χ1) is 15.9. The number of ether oxygens (including phenoxy) is 2. The number of rotatable bonds is 9. The highest BCUT2D eigenvalue weighted by Crippen LogP contribution is 2.21. The largest absolute Gasteiger partial charge is 0.497 e. The second-order valence-corrected chi connectivity index (χ2v) is 9.49. The molecule has 0 radical (unpaired) electrons. The van der Waals surface area contributed by atoms with Crippen LogP contribution in [0.4, 0.5) is 4.79 Å². The summed E-state index contributed by atoms with van der Waals surface area (Å²) in [5, 5.41) is 2.64. The second kappa shape index (κ2) is 11.7. The predicted molar refractivity (Wildman–Crippen MR) is 122 cm³/mol. The maximum Gasteiger partial charge on any atom is 0.407 e. The van der Waals surface area contributed by atoms with Gasteiger partial charge in [0.1, 0.15) is 12.4 Å². The Balaban J connectivity index is 1.35. The third-order valence-corrected chi connectivity index (χ3v) is 7.25. The summed E-state index contributed by atoms with van der Waals surface area (Å²) in [6, 6.07) is 15.6. The lowest BCUT2D eigenvalue weighted by Crippen LogP contribution is -2.50. The minimum atomic E-state index is -3.61. The molecule has 0 bridgehead atoms. The lowest BCUT2D eigenvalue weighted by molar-refractivity contribution is -0.132. The van der Waals surface area contributed by atoms with E-state index in [4.69, 9.17) is 9.47 Å². The molecule has 1 N–H and O–H groups in total. The number of nitrogens with one attached hydrogen (secondary N) is 1. The fourth-order valence-electron chi connectivity index (χ4n) is 3.44. The molecule has 2 amide bonds. The van der Waals surface area contributed by atoms with E-state index in [0.717, 1.165) is 5.56 Å². The molecule has 1 aliphatic rings. The van der Waals surface area contributed by atoms with Crippen LogP contribution >= 0.6 is 0 Å². The first-order valence-corrected chi connectivity index (χ1v) is 12.2. The van der Waals surface area contributed by atoms with Crippen molar-refractivity contribution < 1.29 is 27.5 Å². The Morgan fingerprint density at radius 2 is 1.64 bits per heavy atom. The highest BCUT2D eigenvalue weighted by molar-refractivity contribution is 7.89. The summed E-state index contributed by atoms with van der Waals surface area (Å²) in [5.41, 5.74) is 0.899. The van der Waals surface area contributed by atoms with E-state index in [0.29, 0.717) is 31.8 Å². The van der Waals surface area contributed by atoms with Crippen molar-refractivity contribution in [2.45, 2.75) is 24.3 Å². The first kappa shape index (κ1) is 24.5. The average molecular weight is 476 g/mol. The summed E-state index contributed by atoms with van der Waals surface area (Å²) in [5.74, 6) is 0.527. The Labute approximate surface area is 194 Å². The van der Waals surface area contributed by atoms with Crippen molar-refractivity contribution in [3.63, 3.8) is 0 Å². The minimum absolute atomic E-state index is 0.0593. The van der Waals surface area contributed by atoms with Gasteiger partial charge in [0.25, 0.3) is 0 Å². The van der Waals surface area contributed by atoms with E-state index >= 15 is 0 Å². The van der Waals surface area contributed by atoms with Crippen molar-refractivity contribution in [3.05, 3.63) is 60.2 Å². The third-order valence-electron chi connectivity index (χ3n) is 5.34. The standard InChI is InChI=1S/C23H29N3O6S/c1-31-20-9-11-21(12-10-20)33(29,30)26-16-14-25(15-17-26)22(27)8-5-13-24-23(28)32-18-19-6-3-2-4-7-19/h2-4,6-7,9-12H,5,8,13-18H2,1H3,(H,24,28). The highest BCUT2D eigenvalue weighted by atomic mass is 32.2. The molecule has 178 valence electrons. The zero-order chi connectivity index (χ0) is 23.7. The summed E-state index contributed by atoms with van der Waals surface area (Å²) in [7, 11) is -2.09. The van der Waals surface area contributed by atoms with E-state index in [1.165, 1.54) is 23.5 Å². The van der Waals surface area contributed by atoms with Crippen LogP contribution in [0.3, 0.4) is 0 Å². The van der Waals surface area contributed by atoms with Crippen LogP contribution in [-0.2, 0) is 26.2 Å². The molecule has 33 heavy (non-hydrogen) atoms. The molecule has 0 atom stereocenters. The molecule has 1 aliphatic heterocycles. The zero-order valence-corrected chi connectivity index (χ0v) is 19.4. The van der Waals surface area contributed by atoms with Gasteiger partial charge in [0.05, 0.1) is 12.0 Å². The molecule has 0 aliphatic carbocycles. The van der Waals surface area contributed by atoms with Crippen molar-refractivity contribution in [2.75, 3.05) is 39.8 Å². The van der Waals surface area contributed by atoms with Gasteiger partial charge < -0.3 is 19.7 Å². The van der Waals surface area contributed by atoms with Crippen LogP contribution in [0.15, 0.2) is 59.5 Å². The topological polar surface area (TPSA) is 105 Å². The minimum Gasteiger partial charge on any atom is -0.497 e. The van der Waals surface area contributed by atoms with Crippen molar-refractivity contribution in [3.8, 4) is 5.75 Å². The molecule has 3 rings (SSSR count). The van der Waals surface area contributed by atoms with Gasteiger partial charge in [-0.25, -0.2) is 13.2 Å². The van der Waals surface area contributed by atoms with Gasteiger partial charge in [0, 0.05) is 39.1 Å². The number of hydrogen-bond donors (Lipinski definition) is 1. The summed E-state index contributed by atoms with van der Waals surface area (Å²) >= 11 is 0. The summed E-state index contributed by atoms with van der Waals surface area (Å²) in [4.78, 5) is 26.1. The van der Waals surface area contributed by atoms with Crippen LogP contribution in [0, 0.1) is 0 Å². The molecule has 1 heterocycles. The number of alkyl carbamates (subject to hydrolysis) is 1. The van der Waals surface area contributed by atoms with Crippen LogP contribution in [0.25, 0.3) is 0 Å². The molecular formula is C23H29N3O6S. The van der Waals surface area contributed by atoms with Gasteiger partial charge in [-0.05, 0) is 36.2 Å². The van der Waals surface area contributed by atoms with Gasteiger partial charge in [0.15, 0.2) is 0 Å². The number of hydrogen-bond acceptors (Lipinski definition) is 6. The second-order valence-electron chi connectivity index (χ2n) is 7.55. The Bertz CT molecular complexity index is 1020. The monoisotopic (exact) mass is 475 g/mol. The van der Waals surface area contributed by atoms with E-state index in [9.17, 15) is 18.0 Å². The highest BCUT2D eigenvalue weighted by Gasteiger charge is 2.29. The molecule has 1 saturated heterocycles. The zero-order valence-electron chi connectivity index (χ0n) is 18.6. The van der Waals surface area contributed by atoms with Gasteiger partial charge in [0.2, 0.25) is 15.9 Å². The molecule has 1 fully saturated rings. The Kier molecular flexibility index (Phi) is 8.67. The van der Waals surface area contributed by atoms with Crippen molar-refractivity contribution in [1.82, 2.24) is 14.5 Å². The summed E-state index contributed by atoms with van der Waals surface area (Å²) < 4.78 is 37.2. The van der Waals surface area contributed by atoms with Crippen molar-refractivity contribution >= 4 is 22.0 Å². The first-order valence-electron chi connectivity index (χ1n) is 10.8. The molecule has 2 aromatic carbocycles. The Morgan fingerprint density at radius 1 is 0.970 bits per heavy atom. The normalized spacial score (nSPS) is 14.5.